The fourth-order valence-electron chi connectivity index (χ4n) is 2.99. The van der Waals surface area contributed by atoms with E-state index in [1.54, 1.807) is 11.9 Å². The number of likely N-dealkylation sites (N-methyl/N-ethyl adjacent to an activating group) is 1. The maximum atomic E-state index is 12.0. The maximum Gasteiger partial charge on any atom is 0.317 e. The Morgan fingerprint density at radius 2 is 1.89 bits per heavy atom. The summed E-state index contributed by atoms with van der Waals surface area (Å²) in [6, 6.07) is 0.301. The Balaban J connectivity index is 1.68. The van der Waals surface area contributed by atoms with E-state index in [9.17, 15) is 9.90 Å². The molecule has 4 nitrogen and oxygen atoms in total. The number of carbonyl (C=O) groups excluding carboxylic acids is 1. The molecule has 0 bridgehead atoms. The molecule has 4 heteroatoms. The molecule has 2 rings (SSSR count). The van der Waals surface area contributed by atoms with Crippen molar-refractivity contribution in [3.63, 3.8) is 0 Å². The summed E-state index contributed by atoms with van der Waals surface area (Å²) in [6.07, 6.45) is 7.80. The molecule has 0 saturated heterocycles. The lowest BCUT2D eigenvalue weighted by Gasteiger charge is -2.30. The summed E-state index contributed by atoms with van der Waals surface area (Å²) in [6.45, 7) is 2.71. The molecule has 2 saturated carbocycles. The van der Waals surface area contributed by atoms with Crippen molar-refractivity contribution in [1.29, 1.82) is 0 Å². The van der Waals surface area contributed by atoms with Gasteiger partial charge in [-0.3, -0.25) is 0 Å². The van der Waals surface area contributed by atoms with Gasteiger partial charge in [-0.05, 0) is 50.4 Å². The van der Waals surface area contributed by atoms with Gasteiger partial charge in [0.25, 0.3) is 0 Å². The van der Waals surface area contributed by atoms with Crippen LogP contribution in [0.3, 0.4) is 0 Å². The van der Waals surface area contributed by atoms with E-state index in [1.807, 2.05) is 0 Å². The number of hydrogen-bond acceptors (Lipinski definition) is 2. The van der Waals surface area contributed by atoms with Crippen LogP contribution < -0.4 is 5.32 Å². The van der Waals surface area contributed by atoms with Crippen LogP contribution >= 0.6 is 0 Å². The van der Waals surface area contributed by atoms with Crippen LogP contribution in [0.1, 0.15) is 51.9 Å². The zero-order valence-corrected chi connectivity index (χ0v) is 12.3. The Labute approximate surface area is 116 Å². The van der Waals surface area contributed by atoms with Gasteiger partial charge in [0, 0.05) is 19.6 Å². The molecule has 1 atom stereocenters. The van der Waals surface area contributed by atoms with Crippen LogP contribution in [0.4, 0.5) is 4.79 Å². The average Bonchev–Trinajstić information content (AvgIpc) is 3.23. The second kappa shape index (κ2) is 6.60. The topological polar surface area (TPSA) is 52.6 Å². The fourth-order valence-corrected chi connectivity index (χ4v) is 2.99. The molecule has 2 aliphatic carbocycles. The molecule has 1 unspecified atom stereocenters. The predicted octanol–water partition coefficient (Wildman–Crippen LogP) is 2.37. The molecule has 2 amide bonds. The number of amides is 2. The molecule has 2 fully saturated rings. The van der Waals surface area contributed by atoms with Gasteiger partial charge in [-0.1, -0.05) is 13.3 Å². The molecular weight excluding hydrogens is 240 g/mol. The first-order valence-electron chi connectivity index (χ1n) is 7.79. The van der Waals surface area contributed by atoms with Crippen molar-refractivity contribution < 1.29 is 9.90 Å². The highest BCUT2D eigenvalue weighted by Gasteiger charge is 2.31. The first-order valence-corrected chi connectivity index (χ1v) is 7.79. The van der Waals surface area contributed by atoms with E-state index in [4.69, 9.17) is 0 Å². The van der Waals surface area contributed by atoms with E-state index in [2.05, 4.69) is 12.2 Å². The van der Waals surface area contributed by atoms with Crippen molar-refractivity contribution in [2.45, 2.75) is 64.0 Å². The Bertz CT molecular complexity index is 297. The van der Waals surface area contributed by atoms with Crippen molar-refractivity contribution in [2.24, 2.45) is 11.8 Å². The largest absolute Gasteiger partial charge is 0.391 e. The third-order valence-electron chi connectivity index (χ3n) is 4.73. The first kappa shape index (κ1) is 14.6. The lowest BCUT2D eigenvalue weighted by Crippen LogP contribution is -2.46. The molecule has 0 aromatic carbocycles. The Kier molecular flexibility index (Phi) is 5.08. The highest BCUT2D eigenvalue weighted by atomic mass is 16.3. The second-order valence-electron chi connectivity index (χ2n) is 6.36. The lowest BCUT2D eigenvalue weighted by molar-refractivity contribution is 0.111. The van der Waals surface area contributed by atoms with Crippen LogP contribution in [0.2, 0.25) is 0 Å². The average molecular weight is 268 g/mol. The van der Waals surface area contributed by atoms with Crippen LogP contribution in [0, 0.1) is 11.8 Å². The minimum atomic E-state index is -0.341. The molecule has 0 radical (unpaired) electrons. The van der Waals surface area contributed by atoms with Gasteiger partial charge in [-0.2, -0.15) is 0 Å². The number of nitrogens with one attached hydrogen (secondary N) is 1. The number of carbonyl (C=O) groups is 1. The van der Waals surface area contributed by atoms with E-state index in [0.29, 0.717) is 18.5 Å². The minimum absolute atomic E-state index is 0.0281. The first-order chi connectivity index (χ1) is 9.10. The molecule has 0 aromatic heterocycles. The summed E-state index contributed by atoms with van der Waals surface area (Å²) >= 11 is 0. The number of hydrogen-bond donors (Lipinski definition) is 2. The SMILES string of the molecule is CCC1CCC(NC(=O)N(C)CC(O)C2CC2)CC1. The Morgan fingerprint density at radius 3 is 2.42 bits per heavy atom. The number of urea groups is 1. The molecular formula is C15H28N2O2. The quantitative estimate of drug-likeness (QED) is 0.804. The summed E-state index contributed by atoms with van der Waals surface area (Å²) in [5, 5.41) is 13.0. The van der Waals surface area contributed by atoms with Crippen LogP contribution in [0.25, 0.3) is 0 Å². The van der Waals surface area contributed by atoms with Gasteiger partial charge >= 0.3 is 6.03 Å². The van der Waals surface area contributed by atoms with E-state index in [0.717, 1.165) is 31.6 Å². The van der Waals surface area contributed by atoms with E-state index >= 15 is 0 Å². The predicted molar refractivity (Wildman–Crippen MR) is 75.9 cm³/mol. The van der Waals surface area contributed by atoms with Gasteiger partial charge < -0.3 is 15.3 Å². The molecule has 19 heavy (non-hydrogen) atoms. The zero-order valence-electron chi connectivity index (χ0n) is 12.3. The standard InChI is InChI=1S/C15H28N2O2/c1-3-11-4-8-13(9-5-11)16-15(19)17(2)10-14(18)12-6-7-12/h11-14,18H,3-10H2,1-2H3,(H,16,19). The van der Waals surface area contributed by atoms with Crippen LogP contribution in [0.15, 0.2) is 0 Å². The third kappa shape index (κ3) is 4.37. The molecule has 2 N–H and O–H groups in total. The third-order valence-corrected chi connectivity index (χ3v) is 4.73. The van der Waals surface area contributed by atoms with Crippen molar-refractivity contribution in [3.8, 4) is 0 Å². The van der Waals surface area contributed by atoms with Gasteiger partial charge in [0.2, 0.25) is 0 Å². The van der Waals surface area contributed by atoms with Gasteiger partial charge in [0.05, 0.1) is 6.10 Å². The van der Waals surface area contributed by atoms with Gasteiger partial charge in [0.15, 0.2) is 0 Å². The fraction of sp³-hybridized carbons (Fsp3) is 0.933. The van der Waals surface area contributed by atoms with E-state index in [-0.39, 0.29) is 12.1 Å². The lowest BCUT2D eigenvalue weighted by atomic mass is 9.84. The van der Waals surface area contributed by atoms with Crippen molar-refractivity contribution in [1.82, 2.24) is 10.2 Å². The molecule has 0 aliphatic heterocycles. The van der Waals surface area contributed by atoms with E-state index in [1.165, 1.54) is 19.3 Å². The van der Waals surface area contributed by atoms with Gasteiger partial charge in [-0.25, -0.2) is 4.79 Å². The number of rotatable bonds is 5. The highest BCUT2D eigenvalue weighted by Crippen LogP contribution is 2.32. The summed E-state index contributed by atoms with van der Waals surface area (Å²) in [5.41, 5.74) is 0. The van der Waals surface area contributed by atoms with Crippen LogP contribution in [-0.4, -0.2) is 41.8 Å². The van der Waals surface area contributed by atoms with E-state index < -0.39 is 0 Å². The Hall–Kier alpha value is -0.770. The summed E-state index contributed by atoms with van der Waals surface area (Å²) in [7, 11) is 1.78. The number of aliphatic hydroxyl groups excluding tert-OH is 1. The smallest absolute Gasteiger partial charge is 0.317 e. The van der Waals surface area contributed by atoms with Crippen LogP contribution in [0.5, 0.6) is 0 Å². The van der Waals surface area contributed by atoms with Crippen molar-refractivity contribution in [2.75, 3.05) is 13.6 Å². The zero-order chi connectivity index (χ0) is 13.8. The molecule has 0 aromatic rings. The van der Waals surface area contributed by atoms with Crippen molar-refractivity contribution >= 4 is 6.03 Å². The summed E-state index contributed by atoms with van der Waals surface area (Å²) in [4.78, 5) is 13.7. The second-order valence-corrected chi connectivity index (χ2v) is 6.36. The molecule has 2 aliphatic rings. The van der Waals surface area contributed by atoms with Crippen LogP contribution in [-0.2, 0) is 0 Å². The molecule has 0 heterocycles. The normalized spacial score (nSPS) is 28.8. The molecule has 110 valence electrons. The summed E-state index contributed by atoms with van der Waals surface area (Å²) < 4.78 is 0. The molecule has 0 spiro atoms. The maximum absolute atomic E-state index is 12.0. The Morgan fingerprint density at radius 1 is 1.26 bits per heavy atom. The number of nitrogens with zero attached hydrogens (tertiary/aromatic N) is 1. The number of aliphatic hydroxyl groups is 1. The highest BCUT2D eigenvalue weighted by molar-refractivity contribution is 5.74. The van der Waals surface area contributed by atoms with Gasteiger partial charge in [0.1, 0.15) is 0 Å². The van der Waals surface area contributed by atoms with Gasteiger partial charge in [-0.15, -0.1) is 0 Å². The van der Waals surface area contributed by atoms with Crippen molar-refractivity contribution in [3.05, 3.63) is 0 Å². The monoisotopic (exact) mass is 268 g/mol. The summed E-state index contributed by atoms with van der Waals surface area (Å²) in [5.74, 6) is 1.28. The minimum Gasteiger partial charge on any atom is -0.391 e.